The molecule has 1 atom stereocenters. The first-order chi connectivity index (χ1) is 10.6. The highest BCUT2D eigenvalue weighted by molar-refractivity contribution is 5.90. The molecule has 0 spiro atoms. The van der Waals surface area contributed by atoms with E-state index in [1.54, 1.807) is 4.90 Å². The summed E-state index contributed by atoms with van der Waals surface area (Å²) in [4.78, 5) is 24.6. The van der Waals surface area contributed by atoms with Crippen LogP contribution in [0, 0.1) is 5.92 Å². The lowest BCUT2D eigenvalue weighted by molar-refractivity contribution is -0.141. The second-order valence-electron chi connectivity index (χ2n) is 5.85. The summed E-state index contributed by atoms with van der Waals surface area (Å²) in [5, 5.41) is 11.8. The topological polar surface area (TPSA) is 69.6 Å². The molecule has 22 heavy (non-hydrogen) atoms. The number of hydrogen-bond donors (Lipinski definition) is 2. The molecule has 0 aromatic heterocycles. The number of unbranched alkanes of at least 4 members (excludes halogenated alkanes) is 2. The third-order valence-corrected chi connectivity index (χ3v) is 4.10. The molecule has 0 aliphatic carbocycles. The molecule has 1 heterocycles. The van der Waals surface area contributed by atoms with Gasteiger partial charge in [0.1, 0.15) is 0 Å². The highest BCUT2D eigenvalue weighted by atomic mass is 16.4. The Labute approximate surface area is 131 Å². The van der Waals surface area contributed by atoms with Gasteiger partial charge in [0.2, 0.25) is 0 Å². The number of amides is 2. The van der Waals surface area contributed by atoms with E-state index in [9.17, 15) is 9.59 Å². The summed E-state index contributed by atoms with van der Waals surface area (Å²) >= 11 is 0. The minimum Gasteiger partial charge on any atom is -0.481 e. The Morgan fingerprint density at radius 1 is 1.27 bits per heavy atom. The fraction of sp³-hybridized carbons (Fsp3) is 0.529. The Kier molecular flexibility index (Phi) is 5.81. The standard InChI is InChI=1S/C17H24N2O3/c1-2-3-4-5-13-6-8-15(9-7-13)18-17(22)19-11-10-14(12-19)16(20)21/h6-9,14H,2-5,10-12H2,1H3,(H,18,22)(H,20,21). The largest absolute Gasteiger partial charge is 0.481 e. The van der Waals surface area contributed by atoms with Gasteiger partial charge >= 0.3 is 12.0 Å². The maximum absolute atomic E-state index is 12.1. The van der Waals surface area contributed by atoms with Crippen LogP contribution in [0.3, 0.4) is 0 Å². The van der Waals surface area contributed by atoms with Crippen molar-refractivity contribution in [3.63, 3.8) is 0 Å². The van der Waals surface area contributed by atoms with Crippen LogP contribution in [0.25, 0.3) is 0 Å². The van der Waals surface area contributed by atoms with E-state index in [-0.39, 0.29) is 12.6 Å². The summed E-state index contributed by atoms with van der Waals surface area (Å²) in [7, 11) is 0. The molecule has 0 saturated carbocycles. The fourth-order valence-electron chi connectivity index (χ4n) is 2.68. The smallest absolute Gasteiger partial charge is 0.321 e. The zero-order chi connectivity index (χ0) is 15.9. The van der Waals surface area contributed by atoms with Gasteiger partial charge in [-0.15, -0.1) is 0 Å². The van der Waals surface area contributed by atoms with Gasteiger partial charge in [-0.3, -0.25) is 4.79 Å². The van der Waals surface area contributed by atoms with Gasteiger partial charge in [-0.1, -0.05) is 31.9 Å². The van der Waals surface area contributed by atoms with Crippen molar-refractivity contribution in [1.82, 2.24) is 4.90 Å². The number of carboxylic acid groups (broad SMARTS) is 1. The molecule has 0 radical (unpaired) electrons. The van der Waals surface area contributed by atoms with Crippen LogP contribution in [-0.4, -0.2) is 35.1 Å². The van der Waals surface area contributed by atoms with E-state index in [1.807, 2.05) is 24.3 Å². The summed E-state index contributed by atoms with van der Waals surface area (Å²) in [6.45, 7) is 2.97. The molecule has 0 bridgehead atoms. The van der Waals surface area contributed by atoms with Crippen LogP contribution in [0.2, 0.25) is 0 Å². The van der Waals surface area contributed by atoms with Gasteiger partial charge in [-0.2, -0.15) is 0 Å². The van der Waals surface area contributed by atoms with Gasteiger partial charge in [-0.25, -0.2) is 4.79 Å². The average Bonchev–Trinajstić information content (AvgIpc) is 2.99. The molecule has 1 fully saturated rings. The van der Waals surface area contributed by atoms with Crippen LogP contribution in [0.4, 0.5) is 10.5 Å². The fourth-order valence-corrected chi connectivity index (χ4v) is 2.68. The number of hydrogen-bond acceptors (Lipinski definition) is 2. The maximum atomic E-state index is 12.1. The molecule has 1 aliphatic heterocycles. The lowest BCUT2D eigenvalue weighted by Gasteiger charge is -2.16. The summed E-state index contributed by atoms with van der Waals surface area (Å²) in [6.07, 6.45) is 5.22. The Hall–Kier alpha value is -2.04. The Bertz CT molecular complexity index is 513. The van der Waals surface area contributed by atoms with Crippen molar-refractivity contribution in [2.75, 3.05) is 18.4 Å². The Morgan fingerprint density at radius 2 is 2.00 bits per heavy atom. The van der Waals surface area contributed by atoms with E-state index < -0.39 is 11.9 Å². The second-order valence-corrected chi connectivity index (χ2v) is 5.85. The number of aryl methyl sites for hydroxylation is 1. The molecule has 120 valence electrons. The number of benzene rings is 1. The van der Waals surface area contributed by atoms with Crippen LogP contribution < -0.4 is 5.32 Å². The van der Waals surface area contributed by atoms with Crippen LogP contribution >= 0.6 is 0 Å². The lowest BCUT2D eigenvalue weighted by Crippen LogP contribution is -2.33. The van der Waals surface area contributed by atoms with Crippen LogP contribution in [-0.2, 0) is 11.2 Å². The van der Waals surface area contributed by atoms with Gasteiger partial charge in [0, 0.05) is 18.8 Å². The van der Waals surface area contributed by atoms with E-state index in [4.69, 9.17) is 5.11 Å². The third kappa shape index (κ3) is 4.48. The van der Waals surface area contributed by atoms with Crippen LogP contribution in [0.15, 0.2) is 24.3 Å². The number of anilines is 1. The predicted molar refractivity (Wildman–Crippen MR) is 86.0 cm³/mol. The van der Waals surface area contributed by atoms with Crippen molar-refractivity contribution in [3.05, 3.63) is 29.8 Å². The molecule has 2 N–H and O–H groups in total. The minimum atomic E-state index is -0.827. The molecule has 2 amide bonds. The van der Waals surface area contributed by atoms with Gasteiger partial charge in [0.15, 0.2) is 0 Å². The molecule has 5 heteroatoms. The summed E-state index contributed by atoms with van der Waals surface area (Å²) in [5.41, 5.74) is 2.03. The first-order valence-corrected chi connectivity index (χ1v) is 7.98. The Balaban J connectivity index is 1.83. The molecular weight excluding hydrogens is 280 g/mol. The minimum absolute atomic E-state index is 0.220. The predicted octanol–water partition coefficient (Wildman–Crippen LogP) is 3.36. The van der Waals surface area contributed by atoms with Crippen molar-refractivity contribution in [1.29, 1.82) is 0 Å². The molecule has 1 saturated heterocycles. The highest BCUT2D eigenvalue weighted by Crippen LogP contribution is 2.18. The van der Waals surface area contributed by atoms with Gasteiger partial charge in [0.25, 0.3) is 0 Å². The number of carboxylic acids is 1. The van der Waals surface area contributed by atoms with Crippen molar-refractivity contribution >= 4 is 17.7 Å². The van der Waals surface area contributed by atoms with Crippen molar-refractivity contribution in [2.45, 2.75) is 39.0 Å². The number of carbonyl (C=O) groups excluding carboxylic acids is 1. The molecule has 1 aliphatic rings. The number of likely N-dealkylation sites (tertiary alicyclic amines) is 1. The van der Waals surface area contributed by atoms with E-state index in [2.05, 4.69) is 12.2 Å². The average molecular weight is 304 g/mol. The number of nitrogens with zero attached hydrogens (tertiary/aromatic N) is 1. The van der Waals surface area contributed by atoms with Crippen molar-refractivity contribution in [3.8, 4) is 0 Å². The van der Waals surface area contributed by atoms with Crippen molar-refractivity contribution in [2.24, 2.45) is 5.92 Å². The van der Waals surface area contributed by atoms with E-state index in [0.717, 1.165) is 12.1 Å². The number of aliphatic carboxylic acids is 1. The van der Waals surface area contributed by atoms with Gasteiger partial charge in [-0.05, 0) is 37.0 Å². The SMILES string of the molecule is CCCCCc1ccc(NC(=O)N2CCC(C(=O)O)C2)cc1. The molecule has 1 unspecified atom stereocenters. The maximum Gasteiger partial charge on any atom is 0.321 e. The zero-order valence-electron chi connectivity index (χ0n) is 13.0. The summed E-state index contributed by atoms with van der Waals surface area (Å²) in [5.74, 6) is -1.27. The first kappa shape index (κ1) is 16.3. The van der Waals surface area contributed by atoms with Crippen LogP contribution in [0.5, 0.6) is 0 Å². The van der Waals surface area contributed by atoms with E-state index >= 15 is 0 Å². The number of nitrogens with one attached hydrogen (secondary N) is 1. The molecule has 1 aromatic rings. The molecular formula is C17H24N2O3. The van der Waals surface area contributed by atoms with E-state index in [1.165, 1.54) is 24.8 Å². The monoisotopic (exact) mass is 304 g/mol. The van der Waals surface area contributed by atoms with Gasteiger partial charge < -0.3 is 15.3 Å². The Morgan fingerprint density at radius 3 is 2.59 bits per heavy atom. The second kappa shape index (κ2) is 7.82. The third-order valence-electron chi connectivity index (χ3n) is 4.10. The summed E-state index contributed by atoms with van der Waals surface area (Å²) < 4.78 is 0. The molecule has 5 nitrogen and oxygen atoms in total. The summed E-state index contributed by atoms with van der Waals surface area (Å²) in [6, 6.07) is 7.67. The first-order valence-electron chi connectivity index (χ1n) is 7.98. The normalized spacial score (nSPS) is 17.5. The molecule has 2 rings (SSSR count). The number of carbonyl (C=O) groups is 2. The van der Waals surface area contributed by atoms with Crippen molar-refractivity contribution < 1.29 is 14.7 Å². The van der Waals surface area contributed by atoms with E-state index in [0.29, 0.717) is 13.0 Å². The number of urea groups is 1. The quantitative estimate of drug-likeness (QED) is 0.792. The zero-order valence-corrected chi connectivity index (χ0v) is 13.0. The van der Waals surface area contributed by atoms with Gasteiger partial charge in [0.05, 0.1) is 5.92 Å². The lowest BCUT2D eigenvalue weighted by atomic mass is 10.1. The highest BCUT2D eigenvalue weighted by Gasteiger charge is 2.30. The molecule has 1 aromatic carbocycles. The number of rotatable bonds is 6. The van der Waals surface area contributed by atoms with Crippen LogP contribution in [0.1, 0.15) is 38.2 Å².